The molecule has 144 valence electrons. The third-order valence-corrected chi connectivity index (χ3v) is 5.14. The average molecular weight is 376 g/mol. The maximum atomic E-state index is 12.6. The monoisotopic (exact) mass is 376 g/mol. The van der Waals surface area contributed by atoms with Gasteiger partial charge < -0.3 is 15.6 Å². The first-order valence-corrected chi connectivity index (χ1v) is 9.57. The highest BCUT2D eigenvalue weighted by atomic mass is 16.2. The number of anilines is 1. The Morgan fingerprint density at radius 2 is 1.86 bits per heavy atom. The number of H-pyrrole nitrogens is 1. The number of fused-ring (bicyclic) bond motifs is 3. The van der Waals surface area contributed by atoms with Crippen molar-refractivity contribution in [1.82, 2.24) is 15.6 Å². The molecule has 4 N–H and O–H groups in total. The molecular weight excluding hydrogens is 352 g/mol. The minimum absolute atomic E-state index is 0.0123. The minimum Gasteiger partial charge on any atom is -0.357 e. The second kappa shape index (κ2) is 7.48. The summed E-state index contributed by atoms with van der Waals surface area (Å²) in [6.45, 7) is 4.02. The topological polar surface area (TPSA) is 86.0 Å². The fourth-order valence-corrected chi connectivity index (χ4v) is 3.93. The first-order chi connectivity index (χ1) is 13.6. The molecule has 0 spiro atoms. The summed E-state index contributed by atoms with van der Waals surface area (Å²) in [5.74, 6) is -0.0870. The van der Waals surface area contributed by atoms with Crippen LogP contribution >= 0.6 is 0 Å². The van der Waals surface area contributed by atoms with Crippen LogP contribution in [0, 0.1) is 0 Å². The van der Waals surface area contributed by atoms with E-state index in [1.165, 1.54) is 12.5 Å². The Hall–Kier alpha value is -3.12. The molecule has 1 aliphatic heterocycles. The lowest BCUT2D eigenvalue weighted by Gasteiger charge is -2.31. The lowest BCUT2D eigenvalue weighted by atomic mass is 9.90. The largest absolute Gasteiger partial charge is 0.357 e. The van der Waals surface area contributed by atoms with E-state index in [4.69, 9.17) is 0 Å². The van der Waals surface area contributed by atoms with Gasteiger partial charge in [-0.2, -0.15) is 0 Å². The van der Waals surface area contributed by atoms with E-state index in [2.05, 4.69) is 33.1 Å². The van der Waals surface area contributed by atoms with Gasteiger partial charge in [-0.05, 0) is 42.7 Å². The van der Waals surface area contributed by atoms with E-state index >= 15 is 0 Å². The number of carbonyl (C=O) groups is 2. The van der Waals surface area contributed by atoms with E-state index in [1.807, 2.05) is 43.3 Å². The maximum Gasteiger partial charge on any atom is 0.237 e. The van der Waals surface area contributed by atoms with Crippen LogP contribution in [0.25, 0.3) is 10.9 Å². The van der Waals surface area contributed by atoms with Crippen LogP contribution in [-0.4, -0.2) is 29.4 Å². The van der Waals surface area contributed by atoms with E-state index < -0.39 is 0 Å². The van der Waals surface area contributed by atoms with Gasteiger partial charge in [0.15, 0.2) is 0 Å². The Morgan fingerprint density at radius 3 is 2.57 bits per heavy atom. The summed E-state index contributed by atoms with van der Waals surface area (Å²) in [6.07, 6.45) is 0.644. The number of hydrogen-bond donors (Lipinski definition) is 4. The second-order valence-electron chi connectivity index (χ2n) is 7.12. The Bertz CT molecular complexity index is 1020. The average Bonchev–Trinajstić information content (AvgIpc) is 3.06. The number of para-hydroxylation sites is 1. The molecule has 4 rings (SSSR count). The molecule has 2 atom stereocenters. The zero-order chi connectivity index (χ0) is 19.7. The molecule has 0 fully saturated rings. The SMILES string of the molecule is CCNC(=O)[C@@H]1Cc2c([nH]c3ccccc23)C(c2ccc(NC(C)=O)cc2)N1. The molecule has 1 aliphatic rings. The number of aromatic nitrogens is 1. The van der Waals surface area contributed by atoms with Crippen molar-refractivity contribution in [2.45, 2.75) is 32.4 Å². The van der Waals surface area contributed by atoms with Gasteiger partial charge in [-0.25, -0.2) is 0 Å². The quantitative estimate of drug-likeness (QED) is 0.565. The van der Waals surface area contributed by atoms with E-state index in [0.717, 1.165) is 27.8 Å². The predicted octanol–water partition coefficient (Wildman–Crippen LogP) is 2.87. The number of amides is 2. The number of benzene rings is 2. The summed E-state index contributed by atoms with van der Waals surface area (Å²) >= 11 is 0. The lowest BCUT2D eigenvalue weighted by molar-refractivity contribution is -0.123. The number of rotatable bonds is 4. The summed E-state index contributed by atoms with van der Waals surface area (Å²) < 4.78 is 0. The highest BCUT2D eigenvalue weighted by Gasteiger charge is 2.33. The summed E-state index contributed by atoms with van der Waals surface area (Å²) in [4.78, 5) is 27.4. The summed E-state index contributed by atoms with van der Waals surface area (Å²) in [5, 5.41) is 10.4. The Kier molecular flexibility index (Phi) is 4.88. The molecule has 0 saturated heterocycles. The van der Waals surface area contributed by atoms with Crippen molar-refractivity contribution < 1.29 is 9.59 Å². The van der Waals surface area contributed by atoms with Crippen LogP contribution in [0.1, 0.15) is 36.7 Å². The number of hydrogen-bond acceptors (Lipinski definition) is 3. The lowest BCUT2D eigenvalue weighted by Crippen LogP contribution is -2.49. The Morgan fingerprint density at radius 1 is 1.11 bits per heavy atom. The molecule has 0 radical (unpaired) electrons. The van der Waals surface area contributed by atoms with Crippen molar-refractivity contribution in [2.24, 2.45) is 0 Å². The minimum atomic E-state index is -0.299. The highest BCUT2D eigenvalue weighted by Crippen LogP contribution is 2.35. The molecule has 0 saturated carbocycles. The molecule has 6 heteroatoms. The molecule has 1 unspecified atom stereocenters. The molecule has 1 aromatic heterocycles. The normalized spacial score (nSPS) is 18.5. The van der Waals surface area contributed by atoms with Gasteiger partial charge in [0.1, 0.15) is 0 Å². The van der Waals surface area contributed by atoms with Gasteiger partial charge in [-0.3, -0.25) is 14.9 Å². The van der Waals surface area contributed by atoms with Crippen molar-refractivity contribution in [1.29, 1.82) is 0 Å². The number of likely N-dealkylation sites (N-methyl/N-ethyl adjacent to an activating group) is 1. The van der Waals surface area contributed by atoms with Crippen LogP contribution in [0.4, 0.5) is 5.69 Å². The Labute approximate surface area is 163 Å². The van der Waals surface area contributed by atoms with Crippen LogP contribution in [0.3, 0.4) is 0 Å². The molecule has 0 bridgehead atoms. The summed E-state index contributed by atoms with van der Waals surface area (Å²) in [6, 6.07) is 15.5. The summed E-state index contributed by atoms with van der Waals surface area (Å²) in [5.41, 5.74) is 5.14. The molecular formula is C22H24N4O2. The van der Waals surface area contributed by atoms with E-state index in [0.29, 0.717) is 13.0 Å². The zero-order valence-corrected chi connectivity index (χ0v) is 16.0. The van der Waals surface area contributed by atoms with Gasteiger partial charge in [0.05, 0.1) is 12.1 Å². The molecule has 2 heterocycles. The van der Waals surface area contributed by atoms with Crippen molar-refractivity contribution in [2.75, 3.05) is 11.9 Å². The highest BCUT2D eigenvalue weighted by molar-refractivity contribution is 5.89. The van der Waals surface area contributed by atoms with Gasteiger partial charge in [0.25, 0.3) is 0 Å². The van der Waals surface area contributed by atoms with Crippen LogP contribution in [-0.2, 0) is 16.0 Å². The second-order valence-corrected chi connectivity index (χ2v) is 7.12. The van der Waals surface area contributed by atoms with Crippen LogP contribution in [0.15, 0.2) is 48.5 Å². The number of nitrogens with one attached hydrogen (secondary N) is 4. The van der Waals surface area contributed by atoms with Crippen molar-refractivity contribution in [3.05, 3.63) is 65.4 Å². The smallest absolute Gasteiger partial charge is 0.237 e. The molecule has 0 aliphatic carbocycles. The van der Waals surface area contributed by atoms with E-state index in [9.17, 15) is 9.59 Å². The van der Waals surface area contributed by atoms with E-state index in [1.54, 1.807) is 0 Å². The van der Waals surface area contributed by atoms with Crippen molar-refractivity contribution in [3.8, 4) is 0 Å². The van der Waals surface area contributed by atoms with Crippen LogP contribution in [0.5, 0.6) is 0 Å². The van der Waals surface area contributed by atoms with E-state index in [-0.39, 0.29) is 23.9 Å². The standard InChI is InChI=1S/C22H24N4O2/c1-3-23-22(28)19-12-17-16-6-4-5-7-18(16)25-21(17)20(26-19)14-8-10-15(11-9-14)24-13(2)27/h4-11,19-20,25-26H,3,12H2,1-2H3,(H,23,28)(H,24,27)/t19-,20?/m0/s1. The van der Waals surface area contributed by atoms with Gasteiger partial charge in [0.2, 0.25) is 11.8 Å². The molecule has 6 nitrogen and oxygen atoms in total. The van der Waals surface area contributed by atoms with Gasteiger partial charge in [-0.15, -0.1) is 0 Å². The number of aromatic amines is 1. The van der Waals surface area contributed by atoms with Gasteiger partial charge in [0, 0.05) is 35.8 Å². The van der Waals surface area contributed by atoms with Crippen LogP contribution in [0.2, 0.25) is 0 Å². The zero-order valence-electron chi connectivity index (χ0n) is 16.0. The number of carbonyl (C=O) groups excluding carboxylic acids is 2. The third kappa shape index (κ3) is 3.39. The van der Waals surface area contributed by atoms with Crippen molar-refractivity contribution in [3.63, 3.8) is 0 Å². The predicted molar refractivity (Wildman–Crippen MR) is 110 cm³/mol. The fourth-order valence-electron chi connectivity index (χ4n) is 3.93. The Balaban J connectivity index is 1.75. The summed E-state index contributed by atoms with van der Waals surface area (Å²) in [7, 11) is 0. The third-order valence-electron chi connectivity index (χ3n) is 5.14. The van der Waals surface area contributed by atoms with Crippen LogP contribution < -0.4 is 16.0 Å². The first-order valence-electron chi connectivity index (χ1n) is 9.57. The molecule has 2 amide bonds. The van der Waals surface area contributed by atoms with Gasteiger partial charge >= 0.3 is 0 Å². The fraction of sp³-hybridized carbons (Fsp3) is 0.273. The first kappa shape index (κ1) is 18.3. The maximum absolute atomic E-state index is 12.6. The van der Waals surface area contributed by atoms with Crippen molar-refractivity contribution >= 4 is 28.4 Å². The van der Waals surface area contributed by atoms with Gasteiger partial charge in [-0.1, -0.05) is 30.3 Å². The molecule has 2 aromatic carbocycles. The molecule has 28 heavy (non-hydrogen) atoms. The molecule has 3 aromatic rings.